The Morgan fingerprint density at radius 2 is 2.14 bits per heavy atom. The van der Waals surface area contributed by atoms with E-state index in [9.17, 15) is 9.59 Å². The van der Waals surface area contributed by atoms with Crippen LogP contribution in [0.2, 0.25) is 0 Å². The number of hydrogen-bond acceptors (Lipinski definition) is 3. The fourth-order valence-electron chi connectivity index (χ4n) is 1.10. The zero-order chi connectivity index (χ0) is 11.0. The predicted octanol–water partition coefficient (Wildman–Crippen LogP) is 1.95. The van der Waals surface area contributed by atoms with Crippen molar-refractivity contribution in [3.63, 3.8) is 0 Å². The molecule has 0 saturated carbocycles. The highest BCUT2D eigenvalue weighted by Crippen LogP contribution is 2.12. The Morgan fingerprint density at radius 3 is 2.57 bits per heavy atom. The quantitative estimate of drug-likeness (QED) is 0.295. The zero-order valence-electron chi connectivity index (χ0n) is 8.36. The van der Waals surface area contributed by atoms with Gasteiger partial charge in [0, 0.05) is 0 Å². The van der Waals surface area contributed by atoms with Crippen molar-refractivity contribution in [1.82, 2.24) is 0 Å². The molecule has 0 aromatic heterocycles. The Morgan fingerprint density at radius 1 is 1.50 bits per heavy atom. The van der Waals surface area contributed by atoms with Gasteiger partial charge >= 0.3 is 11.9 Å². The standard InChI is InChI=1S/C10H16O4/c1-3-5-6-7-8(9(11)12)10(13)14-4-2/h4,8H,2-3,5-7H2,1H3,(H,11,12). The van der Waals surface area contributed by atoms with Crippen LogP contribution >= 0.6 is 0 Å². The molecule has 80 valence electrons. The number of aliphatic carboxylic acids is 1. The Bertz CT molecular complexity index is 210. The molecule has 4 nitrogen and oxygen atoms in total. The van der Waals surface area contributed by atoms with E-state index in [4.69, 9.17) is 5.11 Å². The van der Waals surface area contributed by atoms with Crippen LogP contribution < -0.4 is 0 Å². The SMILES string of the molecule is C=COC(=O)C(CCCCC)C(=O)O. The number of carboxylic acid groups (broad SMARTS) is 1. The van der Waals surface area contributed by atoms with Crippen molar-refractivity contribution in [2.24, 2.45) is 5.92 Å². The lowest BCUT2D eigenvalue weighted by atomic mass is 10.0. The van der Waals surface area contributed by atoms with Crippen LogP contribution in [0.4, 0.5) is 0 Å². The fraction of sp³-hybridized carbons (Fsp3) is 0.600. The van der Waals surface area contributed by atoms with Gasteiger partial charge in [-0.2, -0.15) is 0 Å². The lowest BCUT2D eigenvalue weighted by Gasteiger charge is -2.08. The highest BCUT2D eigenvalue weighted by molar-refractivity contribution is 5.94. The highest BCUT2D eigenvalue weighted by atomic mass is 16.5. The second kappa shape index (κ2) is 7.12. The molecule has 0 rings (SSSR count). The molecule has 0 spiro atoms. The average molecular weight is 200 g/mol. The minimum atomic E-state index is -1.13. The van der Waals surface area contributed by atoms with Gasteiger partial charge in [-0.05, 0) is 6.42 Å². The first-order valence-corrected chi connectivity index (χ1v) is 4.67. The van der Waals surface area contributed by atoms with Gasteiger partial charge in [-0.1, -0.05) is 32.8 Å². The van der Waals surface area contributed by atoms with Crippen molar-refractivity contribution >= 4 is 11.9 Å². The Balaban J connectivity index is 4.07. The number of carbonyl (C=O) groups is 2. The summed E-state index contributed by atoms with van der Waals surface area (Å²) in [5, 5.41) is 8.73. The molecule has 0 heterocycles. The molecular weight excluding hydrogens is 184 g/mol. The largest absolute Gasteiger partial charge is 0.481 e. The smallest absolute Gasteiger partial charge is 0.325 e. The summed E-state index contributed by atoms with van der Waals surface area (Å²) in [7, 11) is 0. The van der Waals surface area contributed by atoms with Crippen LogP contribution in [-0.4, -0.2) is 17.0 Å². The van der Waals surface area contributed by atoms with E-state index in [1.54, 1.807) is 0 Å². The third-order valence-corrected chi connectivity index (χ3v) is 1.88. The van der Waals surface area contributed by atoms with E-state index in [2.05, 4.69) is 11.3 Å². The van der Waals surface area contributed by atoms with Crippen LogP contribution in [-0.2, 0) is 14.3 Å². The molecule has 14 heavy (non-hydrogen) atoms. The van der Waals surface area contributed by atoms with E-state index in [1.807, 2.05) is 6.92 Å². The van der Waals surface area contributed by atoms with Gasteiger partial charge in [-0.15, -0.1) is 0 Å². The molecule has 1 unspecified atom stereocenters. The third kappa shape index (κ3) is 4.64. The summed E-state index contributed by atoms with van der Waals surface area (Å²) in [6.45, 7) is 5.21. The molecule has 1 atom stereocenters. The van der Waals surface area contributed by atoms with Crippen LogP contribution in [0.15, 0.2) is 12.8 Å². The van der Waals surface area contributed by atoms with Gasteiger partial charge in [-0.3, -0.25) is 9.59 Å². The Labute approximate surface area is 83.6 Å². The number of carboxylic acids is 1. The van der Waals surface area contributed by atoms with Crippen molar-refractivity contribution in [3.05, 3.63) is 12.8 Å². The first-order chi connectivity index (χ1) is 6.63. The Hall–Kier alpha value is -1.32. The van der Waals surface area contributed by atoms with E-state index >= 15 is 0 Å². The summed E-state index contributed by atoms with van der Waals surface area (Å²) in [5.41, 5.74) is 0. The molecule has 0 bridgehead atoms. The molecule has 1 N–H and O–H groups in total. The minimum absolute atomic E-state index is 0.329. The molecule has 0 amide bonds. The maximum Gasteiger partial charge on any atom is 0.325 e. The second-order valence-electron chi connectivity index (χ2n) is 2.99. The lowest BCUT2D eigenvalue weighted by Crippen LogP contribution is -2.24. The fourth-order valence-corrected chi connectivity index (χ4v) is 1.10. The van der Waals surface area contributed by atoms with Crippen molar-refractivity contribution in [1.29, 1.82) is 0 Å². The molecule has 0 aliphatic rings. The van der Waals surface area contributed by atoms with Crippen molar-refractivity contribution < 1.29 is 19.4 Å². The van der Waals surface area contributed by atoms with Crippen molar-refractivity contribution in [3.8, 4) is 0 Å². The summed E-state index contributed by atoms with van der Waals surface area (Å²) < 4.78 is 4.44. The first kappa shape index (κ1) is 12.7. The van der Waals surface area contributed by atoms with Crippen LogP contribution in [0.5, 0.6) is 0 Å². The number of esters is 1. The van der Waals surface area contributed by atoms with Crippen LogP contribution in [0.25, 0.3) is 0 Å². The van der Waals surface area contributed by atoms with Crippen LogP contribution in [0.3, 0.4) is 0 Å². The predicted molar refractivity (Wildman–Crippen MR) is 51.6 cm³/mol. The van der Waals surface area contributed by atoms with Gasteiger partial charge in [0.15, 0.2) is 5.92 Å². The topological polar surface area (TPSA) is 63.6 Å². The van der Waals surface area contributed by atoms with E-state index in [-0.39, 0.29) is 0 Å². The van der Waals surface area contributed by atoms with Gasteiger partial charge < -0.3 is 9.84 Å². The first-order valence-electron chi connectivity index (χ1n) is 4.67. The maximum atomic E-state index is 11.1. The van der Waals surface area contributed by atoms with Crippen LogP contribution in [0, 0.1) is 5.92 Å². The molecular formula is C10H16O4. The lowest BCUT2D eigenvalue weighted by molar-refractivity contribution is -0.155. The third-order valence-electron chi connectivity index (χ3n) is 1.88. The van der Waals surface area contributed by atoms with E-state index in [0.29, 0.717) is 6.42 Å². The van der Waals surface area contributed by atoms with Crippen LogP contribution in [0.1, 0.15) is 32.6 Å². The van der Waals surface area contributed by atoms with Crippen molar-refractivity contribution in [2.45, 2.75) is 32.6 Å². The minimum Gasteiger partial charge on any atom is -0.481 e. The van der Waals surface area contributed by atoms with Gasteiger partial charge in [0.1, 0.15) is 0 Å². The molecule has 4 heteroatoms. The normalized spacial score (nSPS) is 11.8. The number of ether oxygens (including phenoxy) is 1. The highest BCUT2D eigenvalue weighted by Gasteiger charge is 2.26. The average Bonchev–Trinajstić information content (AvgIpc) is 2.12. The number of carbonyl (C=O) groups excluding carboxylic acids is 1. The molecule has 0 radical (unpaired) electrons. The zero-order valence-corrected chi connectivity index (χ0v) is 8.36. The number of hydrogen-bond donors (Lipinski definition) is 1. The molecule has 0 saturated heterocycles. The second-order valence-corrected chi connectivity index (χ2v) is 2.99. The van der Waals surface area contributed by atoms with Crippen molar-refractivity contribution in [2.75, 3.05) is 0 Å². The van der Waals surface area contributed by atoms with Gasteiger partial charge in [0.05, 0.1) is 6.26 Å². The van der Waals surface area contributed by atoms with Gasteiger partial charge in [0.2, 0.25) is 0 Å². The summed E-state index contributed by atoms with van der Waals surface area (Å²) in [5.74, 6) is -2.92. The number of unbranched alkanes of at least 4 members (excludes halogenated alkanes) is 2. The molecule has 0 aliphatic carbocycles. The van der Waals surface area contributed by atoms with Gasteiger partial charge in [0.25, 0.3) is 0 Å². The Kier molecular flexibility index (Phi) is 6.45. The summed E-state index contributed by atoms with van der Waals surface area (Å²) in [6.07, 6.45) is 3.92. The van der Waals surface area contributed by atoms with E-state index in [1.165, 1.54) is 0 Å². The maximum absolute atomic E-state index is 11.1. The van der Waals surface area contributed by atoms with E-state index < -0.39 is 17.9 Å². The monoisotopic (exact) mass is 200 g/mol. The molecule has 0 aromatic rings. The molecule has 0 fully saturated rings. The summed E-state index contributed by atoms with van der Waals surface area (Å²) in [4.78, 5) is 21.8. The molecule has 0 aliphatic heterocycles. The summed E-state index contributed by atoms with van der Waals surface area (Å²) in [6, 6.07) is 0. The number of rotatable bonds is 7. The molecule has 0 aromatic carbocycles. The van der Waals surface area contributed by atoms with E-state index in [0.717, 1.165) is 25.5 Å². The summed E-state index contributed by atoms with van der Waals surface area (Å²) >= 11 is 0. The van der Waals surface area contributed by atoms with Gasteiger partial charge in [-0.25, -0.2) is 0 Å².